The third kappa shape index (κ3) is 3.21. The zero-order chi connectivity index (χ0) is 13.9. The molecule has 108 valence electrons. The van der Waals surface area contributed by atoms with Crippen molar-refractivity contribution in [3.05, 3.63) is 11.1 Å². The SMILES string of the molecule is CCCCC1=C2CCC[C@]2(C)CC[C@H]1CCC(=O)O. The van der Waals surface area contributed by atoms with Gasteiger partial charge in [0.15, 0.2) is 0 Å². The van der Waals surface area contributed by atoms with Gasteiger partial charge in [-0.25, -0.2) is 0 Å². The van der Waals surface area contributed by atoms with E-state index in [1.165, 1.54) is 51.4 Å². The van der Waals surface area contributed by atoms with Crippen LogP contribution in [0.5, 0.6) is 0 Å². The van der Waals surface area contributed by atoms with Crippen LogP contribution in [0.4, 0.5) is 0 Å². The van der Waals surface area contributed by atoms with Crippen molar-refractivity contribution in [2.75, 3.05) is 0 Å². The van der Waals surface area contributed by atoms with Crippen molar-refractivity contribution in [2.24, 2.45) is 11.3 Å². The molecule has 2 rings (SSSR count). The van der Waals surface area contributed by atoms with E-state index >= 15 is 0 Å². The highest BCUT2D eigenvalue weighted by molar-refractivity contribution is 5.66. The fraction of sp³-hybridized carbons (Fsp3) is 0.824. The molecule has 2 atom stereocenters. The lowest BCUT2D eigenvalue weighted by Gasteiger charge is -2.38. The second kappa shape index (κ2) is 6.11. The Balaban J connectivity index is 2.17. The Kier molecular flexibility index (Phi) is 4.70. The van der Waals surface area contributed by atoms with E-state index in [0.29, 0.717) is 17.8 Å². The second-order valence-corrected chi connectivity index (χ2v) is 6.69. The fourth-order valence-corrected chi connectivity index (χ4v) is 4.18. The van der Waals surface area contributed by atoms with Crippen LogP contribution in [0.3, 0.4) is 0 Å². The van der Waals surface area contributed by atoms with Crippen LogP contribution in [0.2, 0.25) is 0 Å². The van der Waals surface area contributed by atoms with Crippen molar-refractivity contribution >= 4 is 5.97 Å². The molecule has 0 amide bonds. The van der Waals surface area contributed by atoms with Crippen molar-refractivity contribution in [3.63, 3.8) is 0 Å². The molecule has 0 aromatic heterocycles. The van der Waals surface area contributed by atoms with Crippen LogP contribution in [-0.2, 0) is 4.79 Å². The molecule has 1 saturated carbocycles. The molecule has 19 heavy (non-hydrogen) atoms. The number of rotatable bonds is 6. The Hall–Kier alpha value is -0.790. The number of aliphatic carboxylic acids is 1. The molecule has 0 spiro atoms. The zero-order valence-corrected chi connectivity index (χ0v) is 12.5. The number of unbranched alkanes of at least 4 members (excludes halogenated alkanes) is 1. The molecule has 0 heterocycles. The van der Waals surface area contributed by atoms with E-state index < -0.39 is 5.97 Å². The summed E-state index contributed by atoms with van der Waals surface area (Å²) in [4.78, 5) is 10.8. The van der Waals surface area contributed by atoms with Gasteiger partial charge >= 0.3 is 5.97 Å². The van der Waals surface area contributed by atoms with Crippen LogP contribution < -0.4 is 0 Å². The standard InChI is InChI=1S/C17H28O2/c1-3-4-6-14-13(8-9-16(18)19)10-12-17(2)11-5-7-15(14)17/h13H,3-12H2,1-2H3,(H,18,19)/t13-,17-/m1/s1. The van der Waals surface area contributed by atoms with Gasteiger partial charge in [-0.3, -0.25) is 4.79 Å². The molecule has 0 radical (unpaired) electrons. The van der Waals surface area contributed by atoms with Crippen LogP contribution in [0.15, 0.2) is 11.1 Å². The van der Waals surface area contributed by atoms with Crippen molar-refractivity contribution in [1.29, 1.82) is 0 Å². The summed E-state index contributed by atoms with van der Waals surface area (Å²) in [6, 6.07) is 0. The summed E-state index contributed by atoms with van der Waals surface area (Å²) >= 11 is 0. The molecule has 1 N–H and O–H groups in total. The van der Waals surface area contributed by atoms with Crippen molar-refractivity contribution < 1.29 is 9.90 Å². The van der Waals surface area contributed by atoms with Gasteiger partial charge < -0.3 is 5.11 Å². The van der Waals surface area contributed by atoms with Crippen LogP contribution in [0.25, 0.3) is 0 Å². The Morgan fingerprint density at radius 3 is 2.89 bits per heavy atom. The van der Waals surface area contributed by atoms with Gasteiger partial charge in [0.05, 0.1) is 0 Å². The first kappa shape index (κ1) is 14.6. The number of hydrogen-bond donors (Lipinski definition) is 1. The average Bonchev–Trinajstić information content (AvgIpc) is 2.76. The zero-order valence-electron chi connectivity index (χ0n) is 12.5. The second-order valence-electron chi connectivity index (χ2n) is 6.69. The number of carbonyl (C=O) groups is 1. The van der Waals surface area contributed by atoms with Gasteiger partial charge in [-0.05, 0) is 62.7 Å². The first-order valence-electron chi connectivity index (χ1n) is 8.01. The summed E-state index contributed by atoms with van der Waals surface area (Å²) < 4.78 is 0. The molecule has 2 aliphatic rings. The van der Waals surface area contributed by atoms with E-state index in [4.69, 9.17) is 5.11 Å². The molecule has 1 fully saturated rings. The van der Waals surface area contributed by atoms with Crippen LogP contribution >= 0.6 is 0 Å². The topological polar surface area (TPSA) is 37.3 Å². The molecule has 0 aliphatic heterocycles. The molecule has 2 aliphatic carbocycles. The lowest BCUT2D eigenvalue weighted by Crippen LogP contribution is -2.25. The lowest BCUT2D eigenvalue weighted by molar-refractivity contribution is -0.137. The van der Waals surface area contributed by atoms with E-state index in [0.717, 1.165) is 6.42 Å². The van der Waals surface area contributed by atoms with Gasteiger partial charge in [-0.2, -0.15) is 0 Å². The quantitative estimate of drug-likeness (QED) is 0.690. The first-order valence-corrected chi connectivity index (χ1v) is 8.01. The molecule has 0 unspecified atom stereocenters. The third-order valence-corrected chi connectivity index (χ3v) is 5.32. The smallest absolute Gasteiger partial charge is 0.303 e. The number of fused-ring (bicyclic) bond motifs is 1. The highest BCUT2D eigenvalue weighted by Gasteiger charge is 2.40. The Morgan fingerprint density at radius 2 is 2.21 bits per heavy atom. The molecule has 0 bridgehead atoms. The summed E-state index contributed by atoms with van der Waals surface area (Å²) in [7, 11) is 0. The van der Waals surface area contributed by atoms with E-state index in [9.17, 15) is 4.79 Å². The van der Waals surface area contributed by atoms with Crippen LogP contribution in [0, 0.1) is 11.3 Å². The molecule has 0 aromatic rings. The third-order valence-electron chi connectivity index (χ3n) is 5.32. The summed E-state index contributed by atoms with van der Waals surface area (Å²) in [5.74, 6) is -0.0802. The first-order chi connectivity index (χ1) is 9.07. The predicted octanol–water partition coefficient (Wildman–Crippen LogP) is 4.94. The minimum atomic E-state index is -0.639. The molecule has 0 aromatic carbocycles. The van der Waals surface area contributed by atoms with E-state index in [-0.39, 0.29) is 0 Å². The Bertz CT molecular complexity index is 369. The van der Waals surface area contributed by atoms with Crippen molar-refractivity contribution in [3.8, 4) is 0 Å². The van der Waals surface area contributed by atoms with Gasteiger partial charge in [-0.15, -0.1) is 0 Å². The molecule has 2 nitrogen and oxygen atoms in total. The highest BCUT2D eigenvalue weighted by atomic mass is 16.4. The van der Waals surface area contributed by atoms with Crippen LogP contribution in [0.1, 0.15) is 78.1 Å². The number of allylic oxidation sites excluding steroid dienone is 2. The lowest BCUT2D eigenvalue weighted by atomic mass is 9.67. The van der Waals surface area contributed by atoms with Gasteiger partial charge in [-0.1, -0.05) is 31.4 Å². The molecule has 2 heteroatoms. The maximum absolute atomic E-state index is 10.8. The minimum absolute atomic E-state index is 0.338. The summed E-state index contributed by atoms with van der Waals surface area (Å²) in [6.45, 7) is 4.68. The minimum Gasteiger partial charge on any atom is -0.481 e. The average molecular weight is 264 g/mol. The monoisotopic (exact) mass is 264 g/mol. The van der Waals surface area contributed by atoms with Gasteiger partial charge in [0.1, 0.15) is 0 Å². The Labute approximate surface area is 117 Å². The van der Waals surface area contributed by atoms with Crippen molar-refractivity contribution in [1.82, 2.24) is 0 Å². The number of carboxylic acids is 1. The Morgan fingerprint density at radius 1 is 1.42 bits per heavy atom. The van der Waals surface area contributed by atoms with Gasteiger partial charge in [0, 0.05) is 6.42 Å². The number of hydrogen-bond acceptors (Lipinski definition) is 1. The summed E-state index contributed by atoms with van der Waals surface area (Å²) in [5, 5.41) is 8.93. The maximum atomic E-state index is 10.8. The molecule has 0 saturated heterocycles. The molecular formula is C17H28O2. The number of carboxylic acid groups (broad SMARTS) is 1. The van der Waals surface area contributed by atoms with Gasteiger partial charge in [0.25, 0.3) is 0 Å². The summed E-state index contributed by atoms with van der Waals surface area (Å²) in [6.07, 6.45) is 11.4. The summed E-state index contributed by atoms with van der Waals surface area (Å²) in [5.41, 5.74) is 3.85. The maximum Gasteiger partial charge on any atom is 0.303 e. The normalized spacial score (nSPS) is 30.5. The van der Waals surface area contributed by atoms with E-state index in [1.807, 2.05) is 0 Å². The van der Waals surface area contributed by atoms with Crippen molar-refractivity contribution in [2.45, 2.75) is 78.1 Å². The predicted molar refractivity (Wildman–Crippen MR) is 78.1 cm³/mol. The molecular weight excluding hydrogens is 236 g/mol. The largest absolute Gasteiger partial charge is 0.481 e. The van der Waals surface area contributed by atoms with E-state index in [1.54, 1.807) is 11.1 Å². The fourth-order valence-electron chi connectivity index (χ4n) is 4.18. The van der Waals surface area contributed by atoms with Gasteiger partial charge in [0.2, 0.25) is 0 Å². The van der Waals surface area contributed by atoms with Crippen LogP contribution in [-0.4, -0.2) is 11.1 Å². The van der Waals surface area contributed by atoms with E-state index in [2.05, 4.69) is 13.8 Å². The highest BCUT2D eigenvalue weighted by Crippen LogP contribution is 2.54.